The summed E-state index contributed by atoms with van der Waals surface area (Å²) in [7, 11) is 0. The van der Waals surface area contributed by atoms with Gasteiger partial charge in [-0.2, -0.15) is 0 Å². The van der Waals surface area contributed by atoms with Crippen molar-refractivity contribution in [2.75, 3.05) is 42.3 Å². The Morgan fingerprint density at radius 2 is 1.86 bits per heavy atom. The zero-order chi connectivity index (χ0) is 24.8. The van der Waals surface area contributed by atoms with Gasteiger partial charge in [-0.15, -0.1) is 0 Å². The summed E-state index contributed by atoms with van der Waals surface area (Å²) < 4.78 is 5.43. The van der Waals surface area contributed by atoms with E-state index in [-0.39, 0.29) is 18.1 Å². The number of rotatable bonds is 4. The highest BCUT2D eigenvalue weighted by Crippen LogP contribution is 2.36. The number of phenolic OH excluding ortho intramolecular Hbond substituents is 1. The predicted molar refractivity (Wildman–Crippen MR) is 133 cm³/mol. The van der Waals surface area contributed by atoms with Gasteiger partial charge < -0.3 is 30.9 Å². The van der Waals surface area contributed by atoms with Gasteiger partial charge in [-0.1, -0.05) is 12.1 Å². The van der Waals surface area contributed by atoms with Gasteiger partial charge >= 0.3 is 0 Å². The number of aromatic hydroxyl groups is 1. The summed E-state index contributed by atoms with van der Waals surface area (Å²) in [5, 5.41) is 26.4. The summed E-state index contributed by atoms with van der Waals surface area (Å²) in [5.74, 6) is 0.384. The number of fused-ring (bicyclic) bond motifs is 2. The molecule has 0 spiro atoms. The van der Waals surface area contributed by atoms with Gasteiger partial charge in [0.1, 0.15) is 17.1 Å². The molecule has 35 heavy (non-hydrogen) atoms. The summed E-state index contributed by atoms with van der Waals surface area (Å²) in [5.41, 5.74) is 5.34. The average molecular weight is 478 g/mol. The van der Waals surface area contributed by atoms with Gasteiger partial charge in [-0.05, 0) is 42.3 Å². The lowest BCUT2D eigenvalue weighted by molar-refractivity contribution is -0.122. The van der Waals surface area contributed by atoms with Crippen molar-refractivity contribution >= 4 is 40.9 Å². The largest absolute Gasteiger partial charge is 0.508 e. The van der Waals surface area contributed by atoms with Crippen LogP contribution in [0.4, 0.5) is 28.6 Å². The molecule has 10 nitrogen and oxygen atoms in total. The number of hydrogen-bond donors (Lipinski definition) is 5. The molecular formula is C25H27N5O5. The van der Waals surface area contributed by atoms with Crippen LogP contribution in [0.25, 0.3) is 0 Å². The predicted octanol–water partition coefficient (Wildman–Crippen LogP) is 3.68. The van der Waals surface area contributed by atoms with Crippen molar-refractivity contribution in [2.45, 2.75) is 13.5 Å². The van der Waals surface area contributed by atoms with Crippen LogP contribution in [0.3, 0.4) is 0 Å². The van der Waals surface area contributed by atoms with Gasteiger partial charge in [0.2, 0.25) is 0 Å². The number of nitrogens with one attached hydrogen (secondary N) is 3. The Labute approximate surface area is 202 Å². The minimum absolute atomic E-state index is 0.154. The third-order valence-corrected chi connectivity index (χ3v) is 5.76. The quantitative estimate of drug-likeness (QED) is 0.357. The van der Waals surface area contributed by atoms with Crippen LogP contribution in [0.1, 0.15) is 21.5 Å². The van der Waals surface area contributed by atoms with E-state index < -0.39 is 0 Å². The third-order valence-electron chi connectivity index (χ3n) is 5.76. The lowest BCUT2D eigenvalue weighted by atomic mass is 10.1. The number of carbonyl (C=O) groups excluding carboxylic acids is 1. The van der Waals surface area contributed by atoms with E-state index in [2.05, 4.69) is 31.9 Å². The Morgan fingerprint density at radius 1 is 1.09 bits per heavy atom. The molecule has 0 saturated carbocycles. The molecule has 0 unspecified atom stereocenters. The standard InChI is InChI=1S/C24H25N5O3.CH2O2/c1-15-2-4-17(30)13-20(15)26-19-6-7-25-23-22(19)24(31)28-21-12-16(3-5-18(21)27-23)14-29-8-10-32-11-9-29;2-1-3/h2-7,12-13,30H,8-11,14H2,1H3,(H,28,31)(H2,25,26,27);1H,(H,2,3). The highest BCUT2D eigenvalue weighted by molar-refractivity contribution is 6.15. The second-order valence-corrected chi connectivity index (χ2v) is 8.16. The van der Waals surface area contributed by atoms with Crippen molar-refractivity contribution in [2.24, 2.45) is 0 Å². The minimum atomic E-state index is -0.250. The number of carbonyl (C=O) groups is 2. The smallest absolute Gasteiger partial charge is 0.290 e. The van der Waals surface area contributed by atoms with Crippen LogP contribution < -0.4 is 16.0 Å². The fourth-order valence-electron chi connectivity index (χ4n) is 4.01. The SMILES string of the molecule is Cc1ccc(O)cc1Nc1ccnc2c1C(=O)Nc1cc(CN3CCOCC3)ccc1N2.O=CO. The molecule has 3 aromatic rings. The summed E-state index contributed by atoms with van der Waals surface area (Å²) >= 11 is 0. The van der Waals surface area contributed by atoms with Crippen molar-refractivity contribution < 1.29 is 24.5 Å². The molecule has 0 radical (unpaired) electrons. The van der Waals surface area contributed by atoms with Gasteiger partial charge in [0.15, 0.2) is 0 Å². The third kappa shape index (κ3) is 5.68. The number of morpholine rings is 1. The number of carboxylic acid groups (broad SMARTS) is 1. The molecule has 1 fully saturated rings. The first-order valence-corrected chi connectivity index (χ1v) is 11.1. The van der Waals surface area contributed by atoms with Crippen LogP contribution >= 0.6 is 0 Å². The van der Waals surface area contributed by atoms with Crippen molar-refractivity contribution in [3.05, 3.63) is 65.4 Å². The Kier molecular flexibility index (Phi) is 7.44. The molecule has 10 heteroatoms. The molecule has 182 valence electrons. The zero-order valence-electron chi connectivity index (χ0n) is 19.2. The van der Waals surface area contributed by atoms with Crippen molar-refractivity contribution in [1.29, 1.82) is 0 Å². The molecule has 2 aliphatic rings. The molecule has 2 aromatic carbocycles. The Bertz CT molecular complexity index is 1230. The number of hydrogen-bond acceptors (Lipinski definition) is 8. The molecule has 0 atom stereocenters. The summed E-state index contributed by atoms with van der Waals surface area (Å²) in [6.45, 7) is 5.80. The number of pyridine rings is 1. The molecule has 5 rings (SSSR count). The Morgan fingerprint density at radius 3 is 2.63 bits per heavy atom. The van der Waals surface area contributed by atoms with Crippen LogP contribution in [-0.4, -0.2) is 58.8 Å². The van der Waals surface area contributed by atoms with E-state index in [9.17, 15) is 9.90 Å². The van der Waals surface area contributed by atoms with Crippen LogP contribution in [0, 0.1) is 6.92 Å². The number of benzene rings is 2. The summed E-state index contributed by atoms with van der Waals surface area (Å²) in [6.07, 6.45) is 1.65. The Hall–Kier alpha value is -4.15. The van der Waals surface area contributed by atoms with Crippen molar-refractivity contribution in [1.82, 2.24) is 9.88 Å². The van der Waals surface area contributed by atoms with Crippen LogP contribution in [0.5, 0.6) is 5.75 Å². The Balaban J connectivity index is 0.000000917. The fourth-order valence-corrected chi connectivity index (χ4v) is 4.01. The van der Waals surface area contributed by atoms with E-state index in [4.69, 9.17) is 14.6 Å². The molecule has 1 amide bonds. The summed E-state index contributed by atoms with van der Waals surface area (Å²) in [6, 6.07) is 12.9. The van der Waals surface area contributed by atoms with E-state index in [1.807, 2.05) is 25.1 Å². The van der Waals surface area contributed by atoms with Gasteiger partial charge in [0, 0.05) is 37.6 Å². The monoisotopic (exact) mass is 477 g/mol. The molecule has 1 aromatic heterocycles. The fraction of sp³-hybridized carbons (Fsp3) is 0.240. The maximum atomic E-state index is 13.2. The topological polar surface area (TPSA) is 136 Å². The van der Waals surface area contributed by atoms with E-state index in [1.165, 1.54) is 0 Å². The van der Waals surface area contributed by atoms with Gasteiger partial charge in [0.25, 0.3) is 12.4 Å². The molecule has 2 aliphatic heterocycles. The van der Waals surface area contributed by atoms with Gasteiger partial charge in [0.05, 0.1) is 30.3 Å². The van der Waals surface area contributed by atoms with Crippen molar-refractivity contribution in [3.63, 3.8) is 0 Å². The highest BCUT2D eigenvalue weighted by atomic mass is 16.5. The number of phenols is 1. The second-order valence-electron chi connectivity index (χ2n) is 8.16. The molecule has 5 N–H and O–H groups in total. The van der Waals surface area contributed by atoms with Gasteiger partial charge in [-0.3, -0.25) is 14.5 Å². The molecule has 1 saturated heterocycles. The number of anilines is 5. The van der Waals surface area contributed by atoms with Crippen LogP contribution in [-0.2, 0) is 16.1 Å². The average Bonchev–Trinajstić information content (AvgIpc) is 2.98. The maximum absolute atomic E-state index is 13.2. The number of ether oxygens (including phenoxy) is 1. The summed E-state index contributed by atoms with van der Waals surface area (Å²) in [4.78, 5) is 28.3. The first-order valence-electron chi connectivity index (χ1n) is 11.1. The highest BCUT2D eigenvalue weighted by Gasteiger charge is 2.24. The number of nitrogens with zero attached hydrogens (tertiary/aromatic N) is 2. The molecule has 3 heterocycles. The van der Waals surface area contributed by atoms with E-state index in [1.54, 1.807) is 24.4 Å². The van der Waals surface area contributed by atoms with Crippen LogP contribution in [0.2, 0.25) is 0 Å². The lowest BCUT2D eigenvalue weighted by Crippen LogP contribution is -2.35. The van der Waals surface area contributed by atoms with Crippen LogP contribution in [0.15, 0.2) is 48.7 Å². The minimum Gasteiger partial charge on any atom is -0.508 e. The molecule has 0 bridgehead atoms. The first-order chi connectivity index (χ1) is 17.0. The second kappa shape index (κ2) is 10.9. The number of aryl methyl sites for hydroxylation is 1. The normalized spacial score (nSPS) is 14.7. The first kappa shape index (κ1) is 24.0. The van der Waals surface area contributed by atoms with Gasteiger partial charge in [-0.25, -0.2) is 4.98 Å². The van der Waals surface area contributed by atoms with Crippen molar-refractivity contribution in [3.8, 4) is 5.75 Å². The zero-order valence-corrected chi connectivity index (χ0v) is 19.2. The van der Waals surface area contributed by atoms with E-state index in [0.717, 1.165) is 61.0 Å². The molecule has 0 aliphatic carbocycles. The number of amides is 1. The number of aromatic nitrogens is 1. The molecular weight excluding hydrogens is 450 g/mol. The lowest BCUT2D eigenvalue weighted by Gasteiger charge is -2.26. The van der Waals surface area contributed by atoms with E-state index in [0.29, 0.717) is 17.1 Å². The maximum Gasteiger partial charge on any atom is 0.290 e. The van der Waals surface area contributed by atoms with E-state index >= 15 is 0 Å².